The summed E-state index contributed by atoms with van der Waals surface area (Å²) in [5.74, 6) is -1.33. The molecule has 0 saturated heterocycles. The molecule has 0 bridgehead atoms. The molecule has 3 rings (SSSR count). The molecule has 0 fully saturated rings. The van der Waals surface area contributed by atoms with E-state index in [1.807, 2.05) is 24.3 Å². The van der Waals surface area contributed by atoms with Crippen LogP contribution in [0.1, 0.15) is 20.8 Å². The van der Waals surface area contributed by atoms with Gasteiger partial charge in [-0.2, -0.15) is 0 Å². The molecule has 0 aliphatic carbocycles. The number of nitrogens with zero attached hydrogens (tertiary/aromatic N) is 1. The van der Waals surface area contributed by atoms with Crippen LogP contribution in [0, 0.1) is 10.1 Å². The summed E-state index contributed by atoms with van der Waals surface area (Å²) in [6.07, 6.45) is 0. The number of nitrogens with one attached hydrogen (secondary N) is 3. The zero-order chi connectivity index (χ0) is 17.1. The Morgan fingerprint density at radius 3 is 2.38 bits per heavy atom. The Bertz CT molecular complexity index is 915. The lowest BCUT2D eigenvalue weighted by Gasteiger charge is -2.06. The highest BCUT2D eigenvalue weighted by molar-refractivity contribution is 6.02. The Morgan fingerprint density at radius 1 is 0.958 bits per heavy atom. The van der Waals surface area contributed by atoms with Crippen molar-refractivity contribution in [1.82, 2.24) is 15.8 Å². The maximum Gasteiger partial charge on any atom is 0.286 e. The molecule has 2 aromatic carbocycles. The fourth-order valence-electron chi connectivity index (χ4n) is 2.27. The number of rotatable bonds is 3. The molecular formula is C16H12N4O4. The van der Waals surface area contributed by atoms with Crippen LogP contribution in [0.5, 0.6) is 0 Å². The number of nitro benzene ring substituents is 1. The van der Waals surface area contributed by atoms with E-state index in [-0.39, 0.29) is 16.9 Å². The molecule has 3 aromatic rings. The second kappa shape index (κ2) is 6.21. The van der Waals surface area contributed by atoms with E-state index in [4.69, 9.17) is 0 Å². The summed E-state index contributed by atoms with van der Waals surface area (Å²) in [4.78, 5) is 37.3. The smallest absolute Gasteiger partial charge is 0.286 e. The summed E-state index contributed by atoms with van der Waals surface area (Å²) < 4.78 is 0. The highest BCUT2D eigenvalue weighted by Crippen LogP contribution is 2.17. The number of nitro groups is 1. The average molecular weight is 324 g/mol. The number of para-hydroxylation sites is 2. The molecule has 8 heteroatoms. The number of carbonyl (C=O) groups excluding carboxylic acids is 2. The average Bonchev–Trinajstić information content (AvgIpc) is 3.03. The van der Waals surface area contributed by atoms with E-state index in [2.05, 4.69) is 15.8 Å². The van der Waals surface area contributed by atoms with E-state index < -0.39 is 16.7 Å². The van der Waals surface area contributed by atoms with Gasteiger partial charge in [0.15, 0.2) is 0 Å². The zero-order valence-electron chi connectivity index (χ0n) is 12.3. The van der Waals surface area contributed by atoms with Gasteiger partial charge in [-0.3, -0.25) is 30.6 Å². The third kappa shape index (κ3) is 2.93. The minimum absolute atomic E-state index is 0.139. The highest BCUT2D eigenvalue weighted by Gasteiger charge is 2.19. The minimum Gasteiger partial charge on any atom is -0.350 e. The lowest BCUT2D eigenvalue weighted by Crippen LogP contribution is -2.41. The Morgan fingerprint density at radius 2 is 1.62 bits per heavy atom. The number of hydrogen-bond donors (Lipinski definition) is 3. The summed E-state index contributed by atoms with van der Waals surface area (Å²) in [6.45, 7) is 0. The van der Waals surface area contributed by atoms with E-state index in [1.165, 1.54) is 24.3 Å². The third-order valence-corrected chi connectivity index (χ3v) is 3.41. The molecule has 120 valence electrons. The SMILES string of the molecule is O=C(NNC(=O)c1ccccc1[N+](=O)[O-])c1cc2ccccc2[nH]1. The van der Waals surface area contributed by atoms with Crippen molar-refractivity contribution in [2.45, 2.75) is 0 Å². The second-order valence-electron chi connectivity index (χ2n) is 4.95. The number of fused-ring (bicyclic) bond motifs is 1. The van der Waals surface area contributed by atoms with Crippen LogP contribution in [0.15, 0.2) is 54.6 Å². The molecule has 1 aromatic heterocycles. The number of amides is 2. The number of H-pyrrole nitrogens is 1. The molecule has 0 unspecified atom stereocenters. The molecule has 8 nitrogen and oxygen atoms in total. The molecule has 0 spiro atoms. The van der Waals surface area contributed by atoms with E-state index >= 15 is 0 Å². The fourth-order valence-corrected chi connectivity index (χ4v) is 2.27. The second-order valence-corrected chi connectivity index (χ2v) is 4.95. The number of benzene rings is 2. The zero-order valence-corrected chi connectivity index (χ0v) is 12.3. The maximum atomic E-state index is 12.1. The Kier molecular flexibility index (Phi) is 3.94. The van der Waals surface area contributed by atoms with Crippen molar-refractivity contribution in [2.24, 2.45) is 0 Å². The fraction of sp³-hybridized carbons (Fsp3) is 0. The van der Waals surface area contributed by atoms with Crippen molar-refractivity contribution in [3.05, 3.63) is 76.0 Å². The van der Waals surface area contributed by atoms with Crippen LogP contribution in [0.25, 0.3) is 10.9 Å². The van der Waals surface area contributed by atoms with Gasteiger partial charge in [-0.05, 0) is 18.2 Å². The molecule has 0 aliphatic rings. The van der Waals surface area contributed by atoms with Crippen LogP contribution in [-0.2, 0) is 0 Å². The van der Waals surface area contributed by atoms with Gasteiger partial charge in [-0.1, -0.05) is 30.3 Å². The van der Waals surface area contributed by atoms with Crippen molar-refractivity contribution in [3.8, 4) is 0 Å². The monoisotopic (exact) mass is 324 g/mol. The van der Waals surface area contributed by atoms with Gasteiger partial charge in [-0.15, -0.1) is 0 Å². The molecule has 0 saturated carbocycles. The van der Waals surface area contributed by atoms with Crippen molar-refractivity contribution in [1.29, 1.82) is 0 Å². The van der Waals surface area contributed by atoms with Gasteiger partial charge < -0.3 is 4.98 Å². The van der Waals surface area contributed by atoms with E-state index in [0.717, 1.165) is 10.9 Å². The summed E-state index contributed by atoms with van der Waals surface area (Å²) in [6, 6.07) is 14.5. The summed E-state index contributed by atoms with van der Waals surface area (Å²) >= 11 is 0. The normalized spacial score (nSPS) is 10.3. The molecule has 1 heterocycles. The first-order valence-electron chi connectivity index (χ1n) is 6.98. The third-order valence-electron chi connectivity index (χ3n) is 3.41. The lowest BCUT2D eigenvalue weighted by molar-refractivity contribution is -0.385. The molecular weight excluding hydrogens is 312 g/mol. The van der Waals surface area contributed by atoms with Gasteiger partial charge in [0, 0.05) is 17.0 Å². The molecule has 24 heavy (non-hydrogen) atoms. The largest absolute Gasteiger partial charge is 0.350 e. The van der Waals surface area contributed by atoms with Gasteiger partial charge >= 0.3 is 0 Å². The van der Waals surface area contributed by atoms with Gasteiger partial charge in [-0.25, -0.2) is 0 Å². The number of hydrazine groups is 1. The number of carbonyl (C=O) groups is 2. The summed E-state index contributed by atoms with van der Waals surface area (Å²) in [7, 11) is 0. The van der Waals surface area contributed by atoms with Crippen LogP contribution in [0.2, 0.25) is 0 Å². The first-order valence-corrected chi connectivity index (χ1v) is 6.98. The van der Waals surface area contributed by atoms with Crippen molar-refractivity contribution < 1.29 is 14.5 Å². The topological polar surface area (TPSA) is 117 Å². The molecule has 2 amide bonds. The predicted molar refractivity (Wildman–Crippen MR) is 86.3 cm³/mol. The number of hydrogen-bond acceptors (Lipinski definition) is 4. The molecule has 0 aliphatic heterocycles. The lowest BCUT2D eigenvalue weighted by atomic mass is 10.2. The van der Waals surface area contributed by atoms with Crippen molar-refractivity contribution in [3.63, 3.8) is 0 Å². The van der Waals surface area contributed by atoms with Crippen LogP contribution < -0.4 is 10.9 Å². The van der Waals surface area contributed by atoms with Crippen molar-refractivity contribution in [2.75, 3.05) is 0 Å². The number of aromatic nitrogens is 1. The van der Waals surface area contributed by atoms with Gasteiger partial charge in [0.25, 0.3) is 17.5 Å². The standard InChI is InChI=1S/C16H12N4O4/c21-15(11-6-2-4-8-14(11)20(23)24)18-19-16(22)13-9-10-5-1-3-7-12(10)17-13/h1-9,17H,(H,18,21)(H,19,22). The molecule has 0 atom stereocenters. The minimum atomic E-state index is -0.772. The van der Waals surface area contributed by atoms with Crippen LogP contribution in [0.3, 0.4) is 0 Å². The van der Waals surface area contributed by atoms with Gasteiger partial charge in [0.1, 0.15) is 11.3 Å². The number of aromatic amines is 1. The Hall–Kier alpha value is -3.68. The predicted octanol–water partition coefficient (Wildman–Crippen LogP) is 2.15. The Balaban J connectivity index is 1.72. The maximum absolute atomic E-state index is 12.1. The van der Waals surface area contributed by atoms with E-state index in [0.29, 0.717) is 0 Å². The first-order chi connectivity index (χ1) is 11.6. The van der Waals surface area contributed by atoms with E-state index in [9.17, 15) is 19.7 Å². The summed E-state index contributed by atoms with van der Waals surface area (Å²) in [5, 5.41) is 11.8. The van der Waals surface area contributed by atoms with Crippen LogP contribution in [-0.4, -0.2) is 21.7 Å². The van der Waals surface area contributed by atoms with E-state index in [1.54, 1.807) is 6.07 Å². The first kappa shape index (κ1) is 15.2. The quantitative estimate of drug-likeness (QED) is 0.505. The molecule has 0 radical (unpaired) electrons. The van der Waals surface area contributed by atoms with Crippen LogP contribution in [0.4, 0.5) is 5.69 Å². The van der Waals surface area contributed by atoms with Crippen molar-refractivity contribution >= 4 is 28.4 Å². The Labute approximate surface area is 135 Å². The highest BCUT2D eigenvalue weighted by atomic mass is 16.6. The molecule has 3 N–H and O–H groups in total. The van der Waals surface area contributed by atoms with Gasteiger partial charge in [0.05, 0.1) is 4.92 Å². The van der Waals surface area contributed by atoms with Crippen LogP contribution >= 0.6 is 0 Å². The summed E-state index contributed by atoms with van der Waals surface area (Å²) in [5.41, 5.74) is 4.98. The van der Waals surface area contributed by atoms with Gasteiger partial charge in [0.2, 0.25) is 0 Å².